The number of benzene rings is 1. The number of rotatable bonds is 2. The highest BCUT2D eigenvalue weighted by Crippen LogP contribution is 2.19. The first-order chi connectivity index (χ1) is 7.60. The van der Waals surface area contributed by atoms with Gasteiger partial charge in [-0.1, -0.05) is 12.1 Å². The Morgan fingerprint density at radius 3 is 2.56 bits per heavy atom. The molecule has 1 unspecified atom stereocenters. The number of hydrogen-bond donors (Lipinski definition) is 3. The van der Waals surface area contributed by atoms with E-state index in [-0.39, 0.29) is 5.82 Å². The molecule has 4 heteroatoms. The van der Waals surface area contributed by atoms with E-state index < -0.39 is 5.54 Å². The van der Waals surface area contributed by atoms with Gasteiger partial charge in [-0.2, -0.15) is 0 Å². The van der Waals surface area contributed by atoms with Crippen molar-refractivity contribution < 1.29 is 4.39 Å². The summed E-state index contributed by atoms with van der Waals surface area (Å²) in [7, 11) is 0. The molecule has 1 atom stereocenters. The van der Waals surface area contributed by atoms with Crippen LogP contribution in [0.15, 0.2) is 48.4 Å². The third kappa shape index (κ3) is 2.06. The average Bonchev–Trinajstić information content (AvgIpc) is 2.26. The van der Waals surface area contributed by atoms with Gasteiger partial charge < -0.3 is 16.8 Å². The highest BCUT2D eigenvalue weighted by molar-refractivity contribution is 5.33. The average molecular weight is 219 g/mol. The zero-order valence-corrected chi connectivity index (χ0v) is 8.78. The monoisotopic (exact) mass is 219 g/mol. The molecule has 0 aromatic heterocycles. The van der Waals surface area contributed by atoms with Crippen molar-refractivity contribution in [1.29, 1.82) is 0 Å². The van der Waals surface area contributed by atoms with Crippen molar-refractivity contribution >= 4 is 0 Å². The van der Waals surface area contributed by atoms with E-state index >= 15 is 0 Å². The van der Waals surface area contributed by atoms with E-state index in [0.29, 0.717) is 12.1 Å². The van der Waals surface area contributed by atoms with Gasteiger partial charge in [-0.3, -0.25) is 0 Å². The predicted octanol–water partition coefficient (Wildman–Crippen LogP) is 0.983. The van der Waals surface area contributed by atoms with E-state index in [2.05, 4.69) is 5.32 Å². The second-order valence-corrected chi connectivity index (χ2v) is 3.94. The molecule has 1 aliphatic heterocycles. The first-order valence-corrected chi connectivity index (χ1v) is 5.03. The van der Waals surface area contributed by atoms with Crippen LogP contribution in [-0.2, 0) is 6.42 Å². The van der Waals surface area contributed by atoms with Crippen LogP contribution in [-0.4, -0.2) is 5.54 Å². The summed E-state index contributed by atoms with van der Waals surface area (Å²) >= 11 is 0. The molecule has 1 aliphatic rings. The Morgan fingerprint density at radius 2 is 1.94 bits per heavy atom. The highest BCUT2D eigenvalue weighted by Gasteiger charge is 2.27. The summed E-state index contributed by atoms with van der Waals surface area (Å²) in [5, 5.41) is 2.88. The van der Waals surface area contributed by atoms with E-state index in [0.717, 1.165) is 5.56 Å². The number of nitrogens with one attached hydrogen (secondary N) is 1. The molecule has 0 spiro atoms. The Hall–Kier alpha value is -1.81. The van der Waals surface area contributed by atoms with Crippen LogP contribution in [0, 0.1) is 5.82 Å². The molecule has 0 saturated carbocycles. The van der Waals surface area contributed by atoms with Crippen LogP contribution < -0.4 is 16.8 Å². The molecule has 3 nitrogen and oxygen atoms in total. The first kappa shape index (κ1) is 10.7. The molecule has 0 aliphatic carbocycles. The zero-order valence-electron chi connectivity index (χ0n) is 8.78. The Bertz CT molecular complexity index is 436. The van der Waals surface area contributed by atoms with Crippen molar-refractivity contribution in [3.8, 4) is 0 Å². The third-order valence-corrected chi connectivity index (χ3v) is 2.66. The largest absolute Gasteiger partial charge is 0.399 e. The highest BCUT2D eigenvalue weighted by atomic mass is 19.1. The Morgan fingerprint density at radius 1 is 1.25 bits per heavy atom. The van der Waals surface area contributed by atoms with Crippen LogP contribution in [0.1, 0.15) is 5.56 Å². The predicted molar refractivity (Wildman–Crippen MR) is 61.6 cm³/mol. The molecule has 5 N–H and O–H groups in total. The Kier molecular flexibility index (Phi) is 2.66. The summed E-state index contributed by atoms with van der Waals surface area (Å²) in [4.78, 5) is 0. The maximum atomic E-state index is 12.7. The molecule has 2 rings (SSSR count). The molecule has 0 bridgehead atoms. The molecular weight excluding hydrogens is 205 g/mol. The zero-order chi connectivity index (χ0) is 11.6. The lowest BCUT2D eigenvalue weighted by molar-refractivity contribution is 0.585. The second kappa shape index (κ2) is 3.98. The summed E-state index contributed by atoms with van der Waals surface area (Å²) in [5.41, 5.74) is 12.8. The standard InChI is InChI=1S/C12H14FN3/c13-10-3-1-9(2-4-10)7-12(15)5-6-16-8-11(12)14/h1-6,8,16H,7,14-15H2. The van der Waals surface area contributed by atoms with Crippen LogP contribution in [0.2, 0.25) is 0 Å². The van der Waals surface area contributed by atoms with Gasteiger partial charge in [0.1, 0.15) is 5.82 Å². The topological polar surface area (TPSA) is 64.1 Å². The summed E-state index contributed by atoms with van der Waals surface area (Å²) in [6, 6.07) is 6.27. The van der Waals surface area contributed by atoms with Crippen LogP contribution >= 0.6 is 0 Å². The Labute approximate surface area is 93.6 Å². The van der Waals surface area contributed by atoms with Crippen LogP contribution in [0.5, 0.6) is 0 Å². The van der Waals surface area contributed by atoms with Gasteiger partial charge in [-0.15, -0.1) is 0 Å². The van der Waals surface area contributed by atoms with Gasteiger partial charge in [0.2, 0.25) is 0 Å². The molecule has 1 heterocycles. The van der Waals surface area contributed by atoms with Crippen LogP contribution in [0.25, 0.3) is 0 Å². The van der Waals surface area contributed by atoms with Gasteiger partial charge in [0.15, 0.2) is 0 Å². The molecular formula is C12H14FN3. The van der Waals surface area contributed by atoms with Crippen molar-refractivity contribution in [3.63, 3.8) is 0 Å². The maximum absolute atomic E-state index is 12.7. The molecule has 1 aromatic rings. The molecule has 0 amide bonds. The van der Waals surface area contributed by atoms with E-state index in [9.17, 15) is 4.39 Å². The van der Waals surface area contributed by atoms with E-state index in [4.69, 9.17) is 11.5 Å². The van der Waals surface area contributed by atoms with Crippen LogP contribution in [0.3, 0.4) is 0 Å². The Balaban J connectivity index is 2.20. The van der Waals surface area contributed by atoms with Crippen molar-refractivity contribution in [1.82, 2.24) is 5.32 Å². The van der Waals surface area contributed by atoms with Gasteiger partial charge in [0.05, 0.1) is 5.54 Å². The lowest BCUT2D eigenvalue weighted by Crippen LogP contribution is -2.47. The quantitative estimate of drug-likeness (QED) is 0.694. The molecule has 1 aromatic carbocycles. The fourth-order valence-corrected chi connectivity index (χ4v) is 1.67. The number of nitrogens with two attached hydrogens (primary N) is 2. The summed E-state index contributed by atoms with van der Waals surface area (Å²) in [5.74, 6) is -0.251. The minimum absolute atomic E-state index is 0.251. The molecule has 84 valence electrons. The van der Waals surface area contributed by atoms with E-state index in [1.165, 1.54) is 12.1 Å². The van der Waals surface area contributed by atoms with E-state index in [1.807, 2.05) is 6.08 Å². The van der Waals surface area contributed by atoms with Gasteiger partial charge in [0, 0.05) is 11.9 Å². The van der Waals surface area contributed by atoms with Gasteiger partial charge in [0.25, 0.3) is 0 Å². The summed E-state index contributed by atoms with van der Waals surface area (Å²) < 4.78 is 12.7. The fraction of sp³-hybridized carbons (Fsp3) is 0.167. The van der Waals surface area contributed by atoms with E-state index in [1.54, 1.807) is 24.5 Å². The third-order valence-electron chi connectivity index (χ3n) is 2.66. The first-order valence-electron chi connectivity index (χ1n) is 5.03. The van der Waals surface area contributed by atoms with Crippen LogP contribution in [0.4, 0.5) is 4.39 Å². The smallest absolute Gasteiger partial charge is 0.123 e. The molecule has 0 radical (unpaired) electrons. The number of halogens is 1. The SMILES string of the molecule is NC1=CNC=CC1(N)Cc1ccc(F)cc1. The van der Waals surface area contributed by atoms with Gasteiger partial charge in [-0.25, -0.2) is 4.39 Å². The van der Waals surface area contributed by atoms with Crippen molar-refractivity contribution in [2.45, 2.75) is 12.0 Å². The summed E-state index contributed by atoms with van der Waals surface area (Å²) in [6.45, 7) is 0. The van der Waals surface area contributed by atoms with Crippen molar-refractivity contribution in [3.05, 3.63) is 59.8 Å². The minimum Gasteiger partial charge on any atom is -0.399 e. The lowest BCUT2D eigenvalue weighted by Gasteiger charge is -2.29. The molecule has 0 fully saturated rings. The lowest BCUT2D eigenvalue weighted by atomic mass is 9.88. The number of dihydropyridines is 1. The van der Waals surface area contributed by atoms with Crippen molar-refractivity contribution in [2.75, 3.05) is 0 Å². The maximum Gasteiger partial charge on any atom is 0.123 e. The van der Waals surface area contributed by atoms with Gasteiger partial charge >= 0.3 is 0 Å². The fourth-order valence-electron chi connectivity index (χ4n) is 1.67. The summed E-state index contributed by atoms with van der Waals surface area (Å²) in [6.07, 6.45) is 5.78. The van der Waals surface area contributed by atoms with Crippen molar-refractivity contribution in [2.24, 2.45) is 11.5 Å². The van der Waals surface area contributed by atoms with Gasteiger partial charge in [-0.05, 0) is 36.4 Å². The number of hydrogen-bond acceptors (Lipinski definition) is 3. The normalized spacial score (nSPS) is 23.8. The minimum atomic E-state index is -0.691. The molecule has 0 saturated heterocycles. The molecule has 16 heavy (non-hydrogen) atoms. The second-order valence-electron chi connectivity index (χ2n) is 3.94.